The predicted octanol–water partition coefficient (Wildman–Crippen LogP) is 17.4. The molecular formula is C61H42N2S. The number of aromatic nitrogens is 1. The van der Waals surface area contributed by atoms with Crippen LogP contribution in [0.5, 0.6) is 0 Å². The van der Waals surface area contributed by atoms with Gasteiger partial charge in [-0.1, -0.05) is 166 Å². The van der Waals surface area contributed by atoms with E-state index in [-0.39, 0.29) is 5.41 Å². The summed E-state index contributed by atoms with van der Waals surface area (Å²) >= 11 is 1.90. The summed E-state index contributed by atoms with van der Waals surface area (Å²) in [7, 11) is 0. The Morgan fingerprint density at radius 1 is 0.391 bits per heavy atom. The molecule has 0 N–H and O–H groups in total. The van der Waals surface area contributed by atoms with Crippen molar-refractivity contribution in [2.24, 2.45) is 0 Å². The Morgan fingerprint density at radius 2 is 0.969 bits per heavy atom. The van der Waals surface area contributed by atoms with Crippen molar-refractivity contribution in [1.82, 2.24) is 4.57 Å². The molecule has 0 aliphatic heterocycles. The number of hydrogen-bond acceptors (Lipinski definition) is 2. The minimum Gasteiger partial charge on any atom is -0.310 e. The van der Waals surface area contributed by atoms with Crippen molar-refractivity contribution < 1.29 is 0 Å². The second kappa shape index (κ2) is 14.2. The zero-order chi connectivity index (χ0) is 42.5. The molecule has 3 heteroatoms. The van der Waals surface area contributed by atoms with Crippen molar-refractivity contribution in [3.05, 3.63) is 230 Å². The van der Waals surface area contributed by atoms with E-state index in [0.29, 0.717) is 0 Å². The Balaban J connectivity index is 0.892. The molecule has 10 aromatic carbocycles. The van der Waals surface area contributed by atoms with Gasteiger partial charge < -0.3 is 9.47 Å². The lowest BCUT2D eigenvalue weighted by Gasteiger charge is -2.28. The SMILES string of the molecule is CC1(C)c2ccccc2-c2ccc(N(c3ccc(-c4cccc(-n5c6ccccc6c6ccccc65)c4)cc3)c3ccc(-c4ccc5c(c4)sc4c6ccccc6ccc54)cc3)cc21. The van der Waals surface area contributed by atoms with Gasteiger partial charge in [0.1, 0.15) is 0 Å². The van der Waals surface area contributed by atoms with Gasteiger partial charge in [0.2, 0.25) is 0 Å². The fourth-order valence-corrected chi connectivity index (χ4v) is 11.9. The van der Waals surface area contributed by atoms with Crippen molar-refractivity contribution in [1.29, 1.82) is 0 Å². The molecule has 0 saturated carbocycles. The Labute approximate surface area is 376 Å². The number of anilines is 3. The Kier molecular flexibility index (Phi) is 8.16. The van der Waals surface area contributed by atoms with Gasteiger partial charge in [-0.2, -0.15) is 0 Å². The lowest BCUT2D eigenvalue weighted by Crippen LogP contribution is -2.16. The number of para-hydroxylation sites is 2. The number of hydrogen-bond donors (Lipinski definition) is 0. The second-order valence-electron chi connectivity index (χ2n) is 17.7. The average molecular weight is 835 g/mol. The molecule has 0 amide bonds. The van der Waals surface area contributed by atoms with Gasteiger partial charge in [0.15, 0.2) is 0 Å². The normalized spacial score (nSPS) is 13.0. The van der Waals surface area contributed by atoms with Gasteiger partial charge in [-0.25, -0.2) is 0 Å². The van der Waals surface area contributed by atoms with E-state index < -0.39 is 0 Å². The van der Waals surface area contributed by atoms with Gasteiger partial charge in [0, 0.05) is 59.1 Å². The molecule has 0 radical (unpaired) electrons. The minimum absolute atomic E-state index is 0.111. The summed E-state index contributed by atoms with van der Waals surface area (Å²) in [6.45, 7) is 4.72. The van der Waals surface area contributed by atoms with Gasteiger partial charge in [0.05, 0.1) is 11.0 Å². The van der Waals surface area contributed by atoms with Crippen LogP contribution in [0.3, 0.4) is 0 Å². The molecule has 0 unspecified atom stereocenters. The van der Waals surface area contributed by atoms with Crippen LogP contribution in [0.25, 0.3) is 91.8 Å². The summed E-state index contributed by atoms with van der Waals surface area (Å²) in [5.41, 5.74) is 17.0. The molecule has 0 bridgehead atoms. The van der Waals surface area contributed by atoms with Crippen LogP contribution < -0.4 is 4.90 Å². The number of thiophene rings is 1. The van der Waals surface area contributed by atoms with E-state index in [1.165, 1.54) is 97.3 Å². The van der Waals surface area contributed by atoms with Crippen molar-refractivity contribution >= 4 is 81.1 Å². The number of rotatable bonds is 6. The first-order valence-electron chi connectivity index (χ1n) is 22.2. The number of fused-ring (bicyclic) bond motifs is 11. The Bertz CT molecular complexity index is 3760. The van der Waals surface area contributed by atoms with Crippen LogP contribution in [0.15, 0.2) is 218 Å². The fourth-order valence-electron chi connectivity index (χ4n) is 10.6. The van der Waals surface area contributed by atoms with Crippen molar-refractivity contribution in [3.63, 3.8) is 0 Å². The summed E-state index contributed by atoms with van der Waals surface area (Å²) < 4.78 is 5.07. The van der Waals surface area contributed by atoms with Crippen LogP contribution in [0, 0.1) is 0 Å². The predicted molar refractivity (Wildman–Crippen MR) is 274 cm³/mol. The molecule has 302 valence electrons. The number of benzene rings is 10. The highest BCUT2D eigenvalue weighted by atomic mass is 32.1. The summed E-state index contributed by atoms with van der Waals surface area (Å²) in [5, 5.41) is 7.81. The van der Waals surface area contributed by atoms with Crippen LogP contribution in [0.4, 0.5) is 17.1 Å². The summed E-state index contributed by atoms with van der Waals surface area (Å²) in [4.78, 5) is 2.42. The third kappa shape index (κ3) is 5.64. The van der Waals surface area contributed by atoms with E-state index in [1.807, 2.05) is 11.3 Å². The molecule has 13 rings (SSSR count). The molecule has 0 spiro atoms. The van der Waals surface area contributed by atoms with E-state index in [1.54, 1.807) is 0 Å². The average Bonchev–Trinajstić information content (AvgIpc) is 3.97. The highest BCUT2D eigenvalue weighted by Crippen LogP contribution is 2.51. The lowest BCUT2D eigenvalue weighted by molar-refractivity contribution is 0.660. The van der Waals surface area contributed by atoms with Crippen LogP contribution in [-0.4, -0.2) is 4.57 Å². The van der Waals surface area contributed by atoms with Crippen molar-refractivity contribution in [2.75, 3.05) is 4.90 Å². The molecule has 1 aliphatic rings. The molecule has 0 saturated heterocycles. The molecule has 64 heavy (non-hydrogen) atoms. The Morgan fingerprint density at radius 3 is 1.70 bits per heavy atom. The molecule has 2 heterocycles. The maximum absolute atomic E-state index is 2.42. The van der Waals surface area contributed by atoms with Crippen LogP contribution >= 0.6 is 11.3 Å². The first kappa shape index (κ1) is 36.9. The van der Waals surface area contributed by atoms with E-state index in [2.05, 4.69) is 242 Å². The van der Waals surface area contributed by atoms with Crippen LogP contribution in [-0.2, 0) is 5.41 Å². The van der Waals surface area contributed by atoms with E-state index in [0.717, 1.165) is 22.7 Å². The van der Waals surface area contributed by atoms with Gasteiger partial charge in [-0.3, -0.25) is 0 Å². The molecule has 2 aromatic heterocycles. The maximum atomic E-state index is 2.42. The van der Waals surface area contributed by atoms with E-state index in [9.17, 15) is 0 Å². The van der Waals surface area contributed by atoms with E-state index >= 15 is 0 Å². The maximum Gasteiger partial charge on any atom is 0.0541 e. The first-order chi connectivity index (χ1) is 31.5. The highest BCUT2D eigenvalue weighted by Gasteiger charge is 2.35. The smallest absolute Gasteiger partial charge is 0.0541 e. The third-order valence-electron chi connectivity index (χ3n) is 13.8. The minimum atomic E-state index is -0.111. The van der Waals surface area contributed by atoms with Gasteiger partial charge in [-0.15, -0.1) is 11.3 Å². The van der Waals surface area contributed by atoms with Crippen molar-refractivity contribution in [2.45, 2.75) is 19.3 Å². The third-order valence-corrected chi connectivity index (χ3v) is 15.0. The largest absolute Gasteiger partial charge is 0.310 e. The summed E-state index contributed by atoms with van der Waals surface area (Å²) in [5.74, 6) is 0. The highest BCUT2D eigenvalue weighted by molar-refractivity contribution is 7.26. The van der Waals surface area contributed by atoms with Gasteiger partial charge in [0.25, 0.3) is 0 Å². The van der Waals surface area contributed by atoms with Gasteiger partial charge in [-0.05, 0) is 122 Å². The van der Waals surface area contributed by atoms with Crippen molar-refractivity contribution in [3.8, 4) is 39.1 Å². The molecule has 1 aliphatic carbocycles. The van der Waals surface area contributed by atoms with Crippen LogP contribution in [0.1, 0.15) is 25.0 Å². The topological polar surface area (TPSA) is 8.17 Å². The Hall–Kier alpha value is -7.72. The first-order valence-corrected chi connectivity index (χ1v) is 23.0. The quantitative estimate of drug-likeness (QED) is 0.162. The monoisotopic (exact) mass is 834 g/mol. The van der Waals surface area contributed by atoms with Gasteiger partial charge >= 0.3 is 0 Å². The lowest BCUT2D eigenvalue weighted by atomic mass is 9.82. The molecule has 12 aromatic rings. The van der Waals surface area contributed by atoms with Crippen LogP contribution in [0.2, 0.25) is 0 Å². The standard InChI is InChI=1S/C61H42N2S/c1-61(2)55-19-8-5-16-49(55)50-35-32-47(38-56(50)61)62(45-30-24-40(25-31-45)43-27-33-53-54-34-26-41-12-3-4-15-48(41)60(54)64-59(53)37-43)44-28-22-39(23-29-44)42-13-11-14-46(36-42)63-57-20-9-6-17-51(57)52-18-7-10-21-58(52)63/h3-38H,1-2H3. The fraction of sp³-hybridized carbons (Fsp3) is 0.0492. The second-order valence-corrected chi connectivity index (χ2v) is 18.8. The zero-order valence-electron chi connectivity index (χ0n) is 35.6. The molecular weight excluding hydrogens is 793 g/mol. The number of nitrogens with zero attached hydrogens (tertiary/aromatic N) is 2. The molecule has 0 fully saturated rings. The zero-order valence-corrected chi connectivity index (χ0v) is 36.4. The molecule has 0 atom stereocenters. The van der Waals surface area contributed by atoms with E-state index in [4.69, 9.17) is 0 Å². The molecule has 2 nitrogen and oxygen atoms in total. The summed E-state index contributed by atoms with van der Waals surface area (Å²) in [6.07, 6.45) is 0. The summed E-state index contributed by atoms with van der Waals surface area (Å²) in [6, 6.07) is 80.8.